The molecular weight excluding hydrogens is 255 g/mol. The maximum Gasteiger partial charge on any atom is 0.214 e. The summed E-state index contributed by atoms with van der Waals surface area (Å²) >= 11 is 0. The first-order valence-electron chi connectivity index (χ1n) is 7.59. The highest BCUT2D eigenvalue weighted by Crippen LogP contribution is 2.13. The summed E-state index contributed by atoms with van der Waals surface area (Å²) in [6.07, 6.45) is 2.25. The summed E-state index contributed by atoms with van der Waals surface area (Å²) in [6.45, 7) is 9.75. The van der Waals surface area contributed by atoms with Crippen LogP contribution in [0.4, 0.5) is 10.2 Å². The van der Waals surface area contributed by atoms with Crippen molar-refractivity contribution in [1.82, 2.24) is 9.88 Å². The van der Waals surface area contributed by atoms with E-state index >= 15 is 0 Å². The zero-order valence-electron chi connectivity index (χ0n) is 12.7. The Hall–Kier alpha value is -1.20. The Morgan fingerprint density at radius 2 is 1.85 bits per heavy atom. The van der Waals surface area contributed by atoms with E-state index in [2.05, 4.69) is 14.8 Å². The van der Waals surface area contributed by atoms with E-state index in [-0.39, 0.29) is 0 Å². The summed E-state index contributed by atoms with van der Waals surface area (Å²) in [5.74, 6) is 0.342. The van der Waals surface area contributed by atoms with Crippen LogP contribution >= 0.6 is 0 Å². The lowest BCUT2D eigenvalue weighted by molar-refractivity contribution is 0.253. The number of rotatable bonds is 5. The van der Waals surface area contributed by atoms with Crippen LogP contribution in [-0.4, -0.2) is 49.2 Å². The van der Waals surface area contributed by atoms with Crippen molar-refractivity contribution in [2.24, 2.45) is 5.73 Å². The fourth-order valence-electron chi connectivity index (χ4n) is 2.25. The molecule has 0 aliphatic carbocycles. The molecule has 1 aromatic heterocycles. The van der Waals surface area contributed by atoms with E-state index in [1.807, 2.05) is 19.9 Å². The van der Waals surface area contributed by atoms with Crippen molar-refractivity contribution in [2.75, 3.05) is 44.2 Å². The van der Waals surface area contributed by atoms with Gasteiger partial charge in [0.25, 0.3) is 0 Å². The van der Waals surface area contributed by atoms with E-state index in [0.717, 1.165) is 57.9 Å². The third-order valence-electron chi connectivity index (χ3n) is 3.33. The van der Waals surface area contributed by atoms with Gasteiger partial charge in [-0.15, -0.1) is 0 Å². The molecule has 4 nitrogen and oxygen atoms in total. The van der Waals surface area contributed by atoms with Crippen molar-refractivity contribution >= 4 is 5.82 Å². The SMILES string of the molecule is CC.NCCCCN1CCN(c2cccc(F)n2)CC1. The van der Waals surface area contributed by atoms with E-state index in [1.54, 1.807) is 6.07 Å². The van der Waals surface area contributed by atoms with Gasteiger partial charge < -0.3 is 10.6 Å². The molecule has 1 aromatic rings. The lowest BCUT2D eigenvalue weighted by Gasteiger charge is -2.35. The van der Waals surface area contributed by atoms with E-state index in [0.29, 0.717) is 0 Å². The summed E-state index contributed by atoms with van der Waals surface area (Å²) in [5.41, 5.74) is 5.49. The van der Waals surface area contributed by atoms with Gasteiger partial charge in [-0.2, -0.15) is 4.39 Å². The van der Waals surface area contributed by atoms with Crippen LogP contribution in [0.3, 0.4) is 0 Å². The number of aromatic nitrogens is 1. The predicted molar refractivity (Wildman–Crippen MR) is 82.5 cm³/mol. The molecule has 1 aliphatic rings. The number of piperazine rings is 1. The van der Waals surface area contributed by atoms with Crippen molar-refractivity contribution in [2.45, 2.75) is 26.7 Å². The molecule has 5 heteroatoms. The Bertz CT molecular complexity index is 365. The Balaban J connectivity index is 0.000000956. The number of nitrogens with zero attached hydrogens (tertiary/aromatic N) is 3. The smallest absolute Gasteiger partial charge is 0.214 e. The standard InChI is InChI=1S/C13H21FN4.C2H6/c14-12-4-3-5-13(16-12)18-10-8-17(9-11-18)7-2-1-6-15;1-2/h3-5H,1-2,6-11,15H2;1-2H3. The van der Waals surface area contributed by atoms with Gasteiger partial charge in [-0.3, -0.25) is 4.90 Å². The van der Waals surface area contributed by atoms with Crippen molar-refractivity contribution in [3.8, 4) is 0 Å². The van der Waals surface area contributed by atoms with Crippen LogP contribution in [0.15, 0.2) is 18.2 Å². The predicted octanol–water partition coefficient (Wildman–Crippen LogP) is 2.11. The lowest BCUT2D eigenvalue weighted by atomic mass is 10.2. The molecule has 2 heterocycles. The van der Waals surface area contributed by atoms with Crippen LogP contribution in [0.1, 0.15) is 26.7 Å². The second-order valence-corrected chi connectivity index (χ2v) is 4.64. The van der Waals surface area contributed by atoms with Crippen LogP contribution in [-0.2, 0) is 0 Å². The molecule has 2 N–H and O–H groups in total. The quantitative estimate of drug-likeness (QED) is 0.663. The van der Waals surface area contributed by atoms with Crippen LogP contribution in [0, 0.1) is 5.95 Å². The first-order valence-corrected chi connectivity index (χ1v) is 7.59. The number of pyridine rings is 1. The maximum absolute atomic E-state index is 13.0. The van der Waals surface area contributed by atoms with Crippen molar-refractivity contribution < 1.29 is 4.39 Å². The minimum atomic E-state index is -0.405. The summed E-state index contributed by atoms with van der Waals surface area (Å²) in [4.78, 5) is 8.50. The van der Waals surface area contributed by atoms with Gasteiger partial charge in [0.2, 0.25) is 5.95 Å². The zero-order valence-corrected chi connectivity index (χ0v) is 12.7. The van der Waals surface area contributed by atoms with Crippen LogP contribution < -0.4 is 10.6 Å². The van der Waals surface area contributed by atoms with Gasteiger partial charge in [-0.25, -0.2) is 4.98 Å². The number of hydrogen-bond donors (Lipinski definition) is 1. The fraction of sp³-hybridized carbons (Fsp3) is 0.667. The highest BCUT2D eigenvalue weighted by molar-refractivity contribution is 5.38. The summed E-state index contributed by atoms with van der Waals surface area (Å²) in [5, 5.41) is 0. The molecule has 20 heavy (non-hydrogen) atoms. The number of nitrogens with two attached hydrogens (primary N) is 1. The largest absolute Gasteiger partial charge is 0.354 e. The van der Waals surface area contributed by atoms with Gasteiger partial charge in [0.1, 0.15) is 5.82 Å². The second kappa shape index (κ2) is 9.66. The third-order valence-corrected chi connectivity index (χ3v) is 3.33. The number of hydrogen-bond acceptors (Lipinski definition) is 4. The molecule has 1 aliphatic heterocycles. The third kappa shape index (κ3) is 5.43. The van der Waals surface area contributed by atoms with E-state index in [4.69, 9.17) is 5.73 Å². The van der Waals surface area contributed by atoms with Gasteiger partial charge in [-0.05, 0) is 38.1 Å². The van der Waals surface area contributed by atoms with Gasteiger partial charge in [-0.1, -0.05) is 19.9 Å². The van der Waals surface area contributed by atoms with Gasteiger partial charge in [0.05, 0.1) is 0 Å². The van der Waals surface area contributed by atoms with Gasteiger partial charge in [0, 0.05) is 26.2 Å². The second-order valence-electron chi connectivity index (χ2n) is 4.64. The molecule has 114 valence electrons. The first kappa shape index (κ1) is 16.9. The highest BCUT2D eigenvalue weighted by Gasteiger charge is 2.17. The summed E-state index contributed by atoms with van der Waals surface area (Å²) in [7, 11) is 0. The van der Waals surface area contributed by atoms with E-state index < -0.39 is 5.95 Å². The molecule has 0 radical (unpaired) electrons. The first-order chi connectivity index (χ1) is 9.79. The van der Waals surface area contributed by atoms with Gasteiger partial charge in [0.15, 0.2) is 0 Å². The van der Waals surface area contributed by atoms with Crippen LogP contribution in [0.5, 0.6) is 0 Å². The molecule has 1 saturated heterocycles. The summed E-state index contributed by atoms with van der Waals surface area (Å²) < 4.78 is 13.0. The molecule has 0 aromatic carbocycles. The minimum Gasteiger partial charge on any atom is -0.354 e. The Kier molecular flexibility index (Phi) is 8.14. The molecule has 0 saturated carbocycles. The normalized spacial score (nSPS) is 15.7. The molecule has 0 atom stereocenters. The highest BCUT2D eigenvalue weighted by atomic mass is 19.1. The Morgan fingerprint density at radius 3 is 2.45 bits per heavy atom. The molecule has 0 amide bonds. The molecule has 1 fully saturated rings. The Labute approximate surface area is 121 Å². The van der Waals surface area contributed by atoms with Gasteiger partial charge >= 0.3 is 0 Å². The van der Waals surface area contributed by atoms with Crippen LogP contribution in [0.2, 0.25) is 0 Å². The van der Waals surface area contributed by atoms with Crippen LogP contribution in [0.25, 0.3) is 0 Å². The monoisotopic (exact) mass is 282 g/mol. The number of halogens is 1. The topological polar surface area (TPSA) is 45.4 Å². The average molecular weight is 282 g/mol. The van der Waals surface area contributed by atoms with E-state index in [1.165, 1.54) is 6.07 Å². The molecule has 0 spiro atoms. The minimum absolute atomic E-state index is 0.405. The van der Waals surface area contributed by atoms with Crippen molar-refractivity contribution in [1.29, 1.82) is 0 Å². The maximum atomic E-state index is 13.0. The molecular formula is C15H27FN4. The average Bonchev–Trinajstić information content (AvgIpc) is 2.50. The number of unbranched alkanes of at least 4 members (excludes halogenated alkanes) is 1. The summed E-state index contributed by atoms with van der Waals surface area (Å²) in [6, 6.07) is 4.96. The van der Waals surface area contributed by atoms with Crippen molar-refractivity contribution in [3.63, 3.8) is 0 Å². The molecule has 0 bridgehead atoms. The van der Waals surface area contributed by atoms with E-state index in [9.17, 15) is 4.39 Å². The molecule has 0 unspecified atom stereocenters. The Morgan fingerprint density at radius 1 is 1.15 bits per heavy atom. The number of anilines is 1. The fourth-order valence-corrected chi connectivity index (χ4v) is 2.25. The zero-order chi connectivity index (χ0) is 14.8. The van der Waals surface area contributed by atoms with Crippen molar-refractivity contribution in [3.05, 3.63) is 24.1 Å². The lowest BCUT2D eigenvalue weighted by Crippen LogP contribution is -2.47. The molecule has 2 rings (SSSR count).